The average molecular weight is 686 g/mol. The van der Waals surface area contributed by atoms with Crippen LogP contribution in [-0.2, 0) is 25.8 Å². The molecule has 1 saturated heterocycles. The van der Waals surface area contributed by atoms with Gasteiger partial charge >= 0.3 is 12.1 Å². The van der Waals surface area contributed by atoms with Gasteiger partial charge < -0.3 is 19.8 Å². The summed E-state index contributed by atoms with van der Waals surface area (Å²) in [6, 6.07) is 24.7. The van der Waals surface area contributed by atoms with Gasteiger partial charge in [-0.15, -0.1) is 0 Å². The SMILES string of the molecule is Cc1cc(COc2ccc(NC(=O)C3CCN(C(=O)c4ccnc5ccccc45)C[C@@H]3C(=O)NOC(=O)C(F)(F)F)cc2)c2ccccc2n1. The highest BCUT2D eigenvalue weighted by molar-refractivity contribution is 6.06. The van der Waals surface area contributed by atoms with E-state index < -0.39 is 41.7 Å². The maximum absolute atomic E-state index is 13.6. The van der Waals surface area contributed by atoms with Crippen molar-refractivity contribution in [3.8, 4) is 5.75 Å². The first-order valence-electron chi connectivity index (χ1n) is 15.6. The summed E-state index contributed by atoms with van der Waals surface area (Å²) in [5, 5.41) is 4.27. The first kappa shape index (κ1) is 33.8. The Morgan fingerprint density at radius 2 is 1.58 bits per heavy atom. The minimum atomic E-state index is -5.36. The zero-order valence-corrected chi connectivity index (χ0v) is 26.6. The number of fused-ring (bicyclic) bond motifs is 2. The number of piperidine rings is 1. The third kappa shape index (κ3) is 7.48. The maximum atomic E-state index is 13.6. The molecule has 0 aliphatic carbocycles. The monoisotopic (exact) mass is 685 g/mol. The van der Waals surface area contributed by atoms with Crippen LogP contribution < -0.4 is 15.5 Å². The molecule has 50 heavy (non-hydrogen) atoms. The standard InChI is InChI=1S/C36H30F3N5O6/c1-21-18-22(25-6-2-5-9-31(25)41-21)20-49-24-12-10-23(11-13-24)42-32(45)27-15-17-44(19-29(27)33(46)43-50-35(48)36(37,38)39)34(47)28-14-16-40-30-8-4-3-7-26(28)30/h2-14,16,18,27,29H,15,17,19-20H2,1H3,(H,42,45)(H,43,46)/t27?,29-/m0/s1. The van der Waals surface area contributed by atoms with Crippen LogP contribution in [-0.4, -0.2) is 57.8 Å². The number of hydrogen-bond donors (Lipinski definition) is 2. The summed E-state index contributed by atoms with van der Waals surface area (Å²) in [7, 11) is 0. The lowest BCUT2D eigenvalue weighted by atomic mass is 9.83. The number of anilines is 1. The Labute approximate surface area is 283 Å². The number of nitrogens with one attached hydrogen (secondary N) is 2. The van der Waals surface area contributed by atoms with Gasteiger partial charge in [0.25, 0.3) is 11.8 Å². The van der Waals surface area contributed by atoms with E-state index in [-0.39, 0.29) is 26.1 Å². The first-order chi connectivity index (χ1) is 24.0. The van der Waals surface area contributed by atoms with E-state index in [0.717, 1.165) is 22.2 Å². The van der Waals surface area contributed by atoms with E-state index in [1.165, 1.54) is 22.6 Å². The van der Waals surface area contributed by atoms with Gasteiger partial charge in [-0.25, -0.2) is 4.79 Å². The highest BCUT2D eigenvalue weighted by Crippen LogP contribution is 2.29. The Morgan fingerprint density at radius 1 is 0.880 bits per heavy atom. The molecule has 0 radical (unpaired) electrons. The van der Waals surface area contributed by atoms with Gasteiger partial charge in [-0.2, -0.15) is 18.7 Å². The largest absolute Gasteiger partial charge is 0.493 e. The molecule has 0 spiro atoms. The predicted molar refractivity (Wildman–Crippen MR) is 175 cm³/mol. The van der Waals surface area contributed by atoms with Gasteiger partial charge in [-0.1, -0.05) is 36.4 Å². The number of hydrogen-bond acceptors (Lipinski definition) is 8. The second kappa shape index (κ2) is 14.2. The Hall–Kier alpha value is -6.05. The number of benzene rings is 3. The average Bonchev–Trinajstić information content (AvgIpc) is 3.12. The Balaban J connectivity index is 1.15. The van der Waals surface area contributed by atoms with Crippen LogP contribution in [0.3, 0.4) is 0 Å². The number of nitrogens with zero attached hydrogens (tertiary/aromatic N) is 3. The van der Waals surface area contributed by atoms with Crippen molar-refractivity contribution in [3.05, 3.63) is 108 Å². The molecule has 3 aromatic carbocycles. The summed E-state index contributed by atoms with van der Waals surface area (Å²) in [4.78, 5) is 65.7. The Morgan fingerprint density at radius 3 is 2.32 bits per heavy atom. The minimum Gasteiger partial charge on any atom is -0.489 e. The van der Waals surface area contributed by atoms with Gasteiger partial charge in [0.1, 0.15) is 12.4 Å². The number of aryl methyl sites for hydroxylation is 1. The number of aromatic nitrogens is 2. The van der Waals surface area contributed by atoms with Crippen molar-refractivity contribution in [1.82, 2.24) is 20.3 Å². The van der Waals surface area contributed by atoms with E-state index in [0.29, 0.717) is 27.9 Å². The number of likely N-dealkylation sites (tertiary alicyclic amines) is 1. The fraction of sp³-hybridized carbons (Fsp3) is 0.222. The molecular weight excluding hydrogens is 655 g/mol. The summed E-state index contributed by atoms with van der Waals surface area (Å²) in [5.74, 6) is -6.78. The highest BCUT2D eigenvalue weighted by atomic mass is 19.4. The smallest absolute Gasteiger partial charge is 0.489 e. The number of alkyl halides is 3. The second-order valence-corrected chi connectivity index (χ2v) is 11.7. The number of carbonyl (C=O) groups is 4. The molecule has 256 valence electrons. The minimum absolute atomic E-state index is 0.00755. The fourth-order valence-electron chi connectivity index (χ4n) is 5.94. The van der Waals surface area contributed by atoms with Gasteiger partial charge in [-0.3, -0.25) is 24.4 Å². The van der Waals surface area contributed by atoms with Crippen LogP contribution in [0, 0.1) is 18.8 Å². The molecule has 1 aliphatic rings. The number of para-hydroxylation sites is 2. The number of ether oxygens (including phenoxy) is 1. The third-order valence-corrected chi connectivity index (χ3v) is 8.37. The van der Waals surface area contributed by atoms with E-state index in [2.05, 4.69) is 20.1 Å². The Kier molecular flexibility index (Phi) is 9.61. The summed E-state index contributed by atoms with van der Waals surface area (Å²) in [6.45, 7) is 1.91. The van der Waals surface area contributed by atoms with E-state index in [4.69, 9.17) is 4.74 Å². The van der Waals surface area contributed by atoms with Gasteiger partial charge in [0.15, 0.2) is 0 Å². The van der Waals surface area contributed by atoms with Gasteiger partial charge in [0, 0.05) is 47.0 Å². The zero-order chi connectivity index (χ0) is 35.4. The molecule has 5 aromatic rings. The molecule has 0 saturated carbocycles. The van der Waals surface area contributed by atoms with Crippen LogP contribution in [0.25, 0.3) is 21.8 Å². The van der Waals surface area contributed by atoms with Crippen LogP contribution >= 0.6 is 0 Å². The molecule has 1 unspecified atom stereocenters. The molecule has 1 fully saturated rings. The lowest BCUT2D eigenvalue weighted by molar-refractivity contribution is -0.208. The molecule has 3 heterocycles. The number of halogens is 3. The summed E-state index contributed by atoms with van der Waals surface area (Å²) < 4.78 is 44.3. The van der Waals surface area contributed by atoms with Crippen molar-refractivity contribution in [1.29, 1.82) is 0 Å². The van der Waals surface area contributed by atoms with Crippen molar-refractivity contribution in [2.24, 2.45) is 11.8 Å². The number of amides is 3. The summed E-state index contributed by atoms with van der Waals surface area (Å²) >= 11 is 0. The molecule has 2 atom stereocenters. The maximum Gasteiger partial charge on any atom is 0.493 e. The number of hydroxylamine groups is 1. The second-order valence-electron chi connectivity index (χ2n) is 11.7. The predicted octanol–water partition coefficient (Wildman–Crippen LogP) is 5.52. The van der Waals surface area contributed by atoms with Crippen molar-refractivity contribution in [3.63, 3.8) is 0 Å². The topological polar surface area (TPSA) is 140 Å². The highest BCUT2D eigenvalue weighted by Gasteiger charge is 2.44. The van der Waals surface area contributed by atoms with E-state index in [1.807, 2.05) is 37.3 Å². The quantitative estimate of drug-likeness (QED) is 0.214. The molecule has 11 nitrogen and oxygen atoms in total. The van der Waals surface area contributed by atoms with E-state index in [9.17, 15) is 32.3 Å². The normalized spacial score (nSPS) is 16.1. The molecule has 2 N–H and O–H groups in total. The lowest BCUT2D eigenvalue weighted by Crippen LogP contribution is -2.52. The number of rotatable bonds is 7. The molecule has 2 aromatic heterocycles. The van der Waals surface area contributed by atoms with Crippen molar-refractivity contribution >= 4 is 51.2 Å². The third-order valence-electron chi connectivity index (χ3n) is 8.37. The van der Waals surface area contributed by atoms with Crippen LogP contribution in [0.4, 0.5) is 18.9 Å². The van der Waals surface area contributed by atoms with Crippen LogP contribution in [0.1, 0.15) is 28.0 Å². The molecule has 0 bridgehead atoms. The molecule has 6 rings (SSSR count). The van der Waals surface area contributed by atoms with Crippen LogP contribution in [0.2, 0.25) is 0 Å². The van der Waals surface area contributed by atoms with Crippen LogP contribution in [0.15, 0.2) is 91.1 Å². The molecule has 14 heteroatoms. The first-order valence-corrected chi connectivity index (χ1v) is 15.6. The van der Waals surface area contributed by atoms with Crippen molar-refractivity contribution in [2.45, 2.75) is 26.1 Å². The molecular formula is C36H30F3N5O6. The van der Waals surface area contributed by atoms with Crippen LogP contribution in [0.5, 0.6) is 5.75 Å². The van der Waals surface area contributed by atoms with Crippen molar-refractivity contribution in [2.75, 3.05) is 18.4 Å². The zero-order valence-electron chi connectivity index (χ0n) is 26.6. The Bertz CT molecular complexity index is 2080. The van der Waals surface area contributed by atoms with Crippen molar-refractivity contribution < 1.29 is 41.9 Å². The van der Waals surface area contributed by atoms with Gasteiger partial charge in [0.05, 0.1) is 28.4 Å². The molecule has 1 aliphatic heterocycles. The fourth-order valence-corrected chi connectivity index (χ4v) is 5.94. The molecule has 3 amide bonds. The van der Waals surface area contributed by atoms with E-state index in [1.54, 1.807) is 48.5 Å². The lowest BCUT2D eigenvalue weighted by Gasteiger charge is -2.37. The number of carbonyl (C=O) groups excluding carboxylic acids is 4. The van der Waals surface area contributed by atoms with Gasteiger partial charge in [-0.05, 0) is 61.9 Å². The van der Waals surface area contributed by atoms with Gasteiger partial charge in [0.2, 0.25) is 5.91 Å². The summed E-state index contributed by atoms with van der Waals surface area (Å²) in [6.07, 6.45) is -3.90. The van der Waals surface area contributed by atoms with E-state index >= 15 is 0 Å². The summed E-state index contributed by atoms with van der Waals surface area (Å²) in [5.41, 5.74) is 5.44. The number of pyridine rings is 2.